The fourth-order valence-corrected chi connectivity index (χ4v) is 3.75. The number of carbonyl (C=O) groups excluding carboxylic acids is 2. The van der Waals surface area contributed by atoms with E-state index < -0.39 is 0 Å². The van der Waals surface area contributed by atoms with Crippen molar-refractivity contribution in [2.45, 2.75) is 19.9 Å². The van der Waals surface area contributed by atoms with Gasteiger partial charge >= 0.3 is 0 Å². The SMILES string of the molecule is Cc1ccc(C(NC(=O)CSCC(=O)Nc2cccc(C)c2)c2ccccc2)cc1. The van der Waals surface area contributed by atoms with Gasteiger partial charge in [0.05, 0.1) is 17.5 Å². The summed E-state index contributed by atoms with van der Waals surface area (Å²) < 4.78 is 0. The number of thioether (sulfide) groups is 1. The van der Waals surface area contributed by atoms with E-state index in [0.29, 0.717) is 0 Å². The van der Waals surface area contributed by atoms with Gasteiger partial charge in [0.25, 0.3) is 0 Å². The Balaban J connectivity index is 1.55. The van der Waals surface area contributed by atoms with E-state index in [1.165, 1.54) is 17.3 Å². The van der Waals surface area contributed by atoms with Gasteiger partial charge in [0.2, 0.25) is 11.8 Å². The minimum atomic E-state index is -0.221. The van der Waals surface area contributed by atoms with E-state index in [9.17, 15) is 9.59 Å². The molecule has 0 spiro atoms. The largest absolute Gasteiger partial charge is 0.344 e. The molecule has 0 aromatic heterocycles. The van der Waals surface area contributed by atoms with Crippen molar-refractivity contribution >= 4 is 29.3 Å². The predicted octanol–water partition coefficient (Wildman–Crippen LogP) is 4.88. The Bertz CT molecular complexity index is 988. The average Bonchev–Trinajstić information content (AvgIpc) is 2.73. The normalized spacial score (nSPS) is 11.5. The number of benzene rings is 3. The van der Waals surface area contributed by atoms with E-state index >= 15 is 0 Å². The van der Waals surface area contributed by atoms with Gasteiger partial charge in [-0.15, -0.1) is 11.8 Å². The van der Waals surface area contributed by atoms with Gasteiger partial charge in [-0.1, -0.05) is 72.3 Å². The minimum Gasteiger partial charge on any atom is -0.344 e. The maximum atomic E-state index is 12.6. The fraction of sp³-hybridized carbons (Fsp3) is 0.200. The Morgan fingerprint density at radius 3 is 2.13 bits per heavy atom. The summed E-state index contributed by atoms with van der Waals surface area (Å²) in [5.74, 6) is 0.229. The third kappa shape index (κ3) is 6.49. The predicted molar refractivity (Wildman–Crippen MR) is 125 cm³/mol. The van der Waals surface area contributed by atoms with E-state index in [2.05, 4.69) is 10.6 Å². The van der Waals surface area contributed by atoms with Crippen LogP contribution in [0.25, 0.3) is 0 Å². The number of carbonyl (C=O) groups is 2. The van der Waals surface area contributed by atoms with Crippen LogP contribution in [0, 0.1) is 13.8 Å². The monoisotopic (exact) mass is 418 g/mol. The number of hydrogen-bond donors (Lipinski definition) is 2. The molecule has 0 saturated carbocycles. The number of aryl methyl sites for hydroxylation is 2. The lowest BCUT2D eigenvalue weighted by Gasteiger charge is -2.20. The third-order valence-electron chi connectivity index (χ3n) is 4.62. The van der Waals surface area contributed by atoms with Crippen molar-refractivity contribution in [1.82, 2.24) is 5.32 Å². The highest BCUT2D eigenvalue weighted by atomic mass is 32.2. The molecule has 0 saturated heterocycles. The molecule has 0 aliphatic heterocycles. The second kappa shape index (κ2) is 10.6. The zero-order chi connectivity index (χ0) is 21.3. The minimum absolute atomic E-state index is 0.0993. The molecule has 2 N–H and O–H groups in total. The first kappa shape index (κ1) is 21.7. The molecule has 3 rings (SSSR count). The lowest BCUT2D eigenvalue weighted by molar-refractivity contribution is -0.119. The van der Waals surface area contributed by atoms with E-state index in [4.69, 9.17) is 0 Å². The summed E-state index contributed by atoms with van der Waals surface area (Å²) in [5, 5.41) is 5.97. The highest BCUT2D eigenvalue weighted by Crippen LogP contribution is 2.22. The maximum absolute atomic E-state index is 12.6. The number of nitrogens with one attached hydrogen (secondary N) is 2. The summed E-state index contributed by atoms with van der Waals surface area (Å²) in [4.78, 5) is 24.7. The first-order valence-electron chi connectivity index (χ1n) is 9.86. The van der Waals surface area contributed by atoms with Crippen LogP contribution in [0.2, 0.25) is 0 Å². The topological polar surface area (TPSA) is 58.2 Å². The van der Waals surface area contributed by atoms with Crippen molar-refractivity contribution < 1.29 is 9.59 Å². The molecule has 2 amide bonds. The highest BCUT2D eigenvalue weighted by molar-refractivity contribution is 8.00. The molecule has 0 aliphatic carbocycles. The van der Waals surface area contributed by atoms with Crippen LogP contribution in [0.15, 0.2) is 78.9 Å². The zero-order valence-corrected chi connectivity index (χ0v) is 18.0. The van der Waals surface area contributed by atoms with E-state index in [1.54, 1.807) is 0 Å². The van der Waals surface area contributed by atoms with Gasteiger partial charge in [0, 0.05) is 5.69 Å². The number of anilines is 1. The quantitative estimate of drug-likeness (QED) is 0.548. The molecular weight excluding hydrogens is 392 g/mol. The summed E-state index contributed by atoms with van der Waals surface area (Å²) in [5.41, 5.74) is 5.09. The molecule has 0 aliphatic rings. The second-order valence-corrected chi connectivity index (χ2v) is 8.22. The third-order valence-corrected chi connectivity index (χ3v) is 5.55. The molecule has 0 bridgehead atoms. The molecular formula is C25H26N2O2S. The van der Waals surface area contributed by atoms with E-state index in [-0.39, 0.29) is 29.4 Å². The van der Waals surface area contributed by atoms with Gasteiger partial charge < -0.3 is 10.6 Å². The van der Waals surface area contributed by atoms with Gasteiger partial charge in [-0.05, 0) is 42.7 Å². The van der Waals surface area contributed by atoms with Gasteiger partial charge in [0.15, 0.2) is 0 Å². The summed E-state index contributed by atoms with van der Waals surface area (Å²) in [6, 6.07) is 25.5. The van der Waals surface area contributed by atoms with Crippen molar-refractivity contribution in [3.05, 3.63) is 101 Å². The Labute approximate surface area is 182 Å². The molecule has 3 aromatic carbocycles. The molecule has 0 heterocycles. The van der Waals surface area contributed by atoms with Crippen LogP contribution in [0.1, 0.15) is 28.3 Å². The molecule has 1 unspecified atom stereocenters. The molecule has 4 nitrogen and oxygen atoms in total. The lowest BCUT2D eigenvalue weighted by atomic mass is 9.98. The molecule has 30 heavy (non-hydrogen) atoms. The summed E-state index contributed by atoms with van der Waals surface area (Å²) >= 11 is 1.30. The van der Waals surface area contributed by atoms with Gasteiger partial charge in [-0.2, -0.15) is 0 Å². The summed E-state index contributed by atoms with van der Waals surface area (Å²) in [7, 11) is 0. The van der Waals surface area contributed by atoms with E-state index in [1.807, 2.05) is 92.7 Å². The van der Waals surface area contributed by atoms with Crippen molar-refractivity contribution in [1.29, 1.82) is 0 Å². The Morgan fingerprint density at radius 1 is 0.767 bits per heavy atom. The van der Waals surface area contributed by atoms with Crippen molar-refractivity contribution in [3.63, 3.8) is 0 Å². The number of hydrogen-bond acceptors (Lipinski definition) is 3. The number of amides is 2. The van der Waals surface area contributed by atoms with Crippen LogP contribution in [-0.4, -0.2) is 23.3 Å². The standard InChI is InChI=1S/C25H26N2O2S/c1-18-11-13-21(14-12-18)25(20-8-4-3-5-9-20)27-24(29)17-30-16-23(28)26-22-10-6-7-19(2)15-22/h3-15,25H,16-17H2,1-2H3,(H,26,28)(H,27,29). The maximum Gasteiger partial charge on any atom is 0.234 e. The molecule has 1 atom stereocenters. The smallest absolute Gasteiger partial charge is 0.234 e. The second-order valence-electron chi connectivity index (χ2n) is 7.23. The van der Waals surface area contributed by atoms with Gasteiger partial charge in [-0.3, -0.25) is 9.59 Å². The molecule has 0 radical (unpaired) electrons. The van der Waals surface area contributed by atoms with Crippen LogP contribution in [-0.2, 0) is 9.59 Å². The zero-order valence-electron chi connectivity index (χ0n) is 17.2. The first-order valence-corrected chi connectivity index (χ1v) is 11.0. The molecule has 5 heteroatoms. The van der Waals surface area contributed by atoms with Crippen LogP contribution in [0.3, 0.4) is 0 Å². The summed E-state index contributed by atoms with van der Waals surface area (Å²) in [6.45, 7) is 4.02. The van der Waals surface area contributed by atoms with Crippen LogP contribution < -0.4 is 10.6 Å². The van der Waals surface area contributed by atoms with Crippen LogP contribution in [0.4, 0.5) is 5.69 Å². The van der Waals surface area contributed by atoms with Crippen molar-refractivity contribution in [2.24, 2.45) is 0 Å². The van der Waals surface area contributed by atoms with Crippen molar-refractivity contribution in [2.75, 3.05) is 16.8 Å². The molecule has 154 valence electrons. The van der Waals surface area contributed by atoms with Gasteiger partial charge in [-0.25, -0.2) is 0 Å². The average molecular weight is 419 g/mol. The van der Waals surface area contributed by atoms with Crippen LogP contribution in [0.5, 0.6) is 0 Å². The summed E-state index contributed by atoms with van der Waals surface area (Å²) in [6.07, 6.45) is 0. The van der Waals surface area contributed by atoms with E-state index in [0.717, 1.165) is 22.4 Å². The van der Waals surface area contributed by atoms with Crippen molar-refractivity contribution in [3.8, 4) is 0 Å². The van der Waals surface area contributed by atoms with Crippen LogP contribution >= 0.6 is 11.8 Å². The molecule has 0 fully saturated rings. The highest BCUT2D eigenvalue weighted by Gasteiger charge is 2.17. The first-order chi connectivity index (χ1) is 14.5. The Kier molecular flexibility index (Phi) is 7.69. The Hall–Kier alpha value is -3.05. The fourth-order valence-electron chi connectivity index (χ4n) is 3.12. The Morgan fingerprint density at radius 2 is 1.43 bits per heavy atom. The lowest BCUT2D eigenvalue weighted by Crippen LogP contribution is -2.31. The number of rotatable bonds is 8. The molecule has 3 aromatic rings. The van der Waals surface area contributed by atoms with Gasteiger partial charge in [0.1, 0.15) is 0 Å².